The molecular weight excluding hydrogens is 455 g/mol. The van der Waals surface area contributed by atoms with E-state index in [1.165, 1.54) is 0 Å². The fraction of sp³-hybridized carbons (Fsp3) is 0.857. The van der Waals surface area contributed by atoms with E-state index in [2.05, 4.69) is 4.52 Å². The van der Waals surface area contributed by atoms with E-state index in [0.717, 1.165) is 0 Å². The van der Waals surface area contributed by atoms with Gasteiger partial charge in [0.15, 0.2) is 12.4 Å². The average Bonchev–Trinajstić information content (AvgIpc) is 2.98. The zero-order chi connectivity index (χ0) is 23.6. The number of phosphoric ester groups is 1. The molecule has 17 heteroatoms. The van der Waals surface area contributed by atoms with E-state index in [-0.39, 0.29) is 6.29 Å². The van der Waals surface area contributed by atoms with Gasteiger partial charge in [-0.05, 0) is 0 Å². The fourth-order valence-corrected chi connectivity index (χ4v) is 3.43. The van der Waals surface area contributed by atoms with Gasteiger partial charge in [0, 0.05) is 0 Å². The van der Waals surface area contributed by atoms with E-state index in [1.807, 2.05) is 0 Å². The van der Waals surface area contributed by atoms with Gasteiger partial charge >= 0.3 is 13.8 Å². The van der Waals surface area contributed by atoms with Gasteiger partial charge in [0.1, 0.15) is 43.2 Å². The van der Waals surface area contributed by atoms with Crippen molar-refractivity contribution in [1.29, 1.82) is 0 Å². The topological polar surface area (TPSA) is 259 Å². The molecule has 180 valence electrons. The molecule has 31 heavy (non-hydrogen) atoms. The van der Waals surface area contributed by atoms with E-state index >= 15 is 0 Å². The van der Waals surface area contributed by atoms with Crippen LogP contribution in [0.25, 0.3) is 0 Å². The lowest BCUT2D eigenvalue weighted by Crippen LogP contribution is -2.63. The molecule has 0 unspecified atom stereocenters. The molecule has 0 spiro atoms. The van der Waals surface area contributed by atoms with Crippen LogP contribution < -0.4 is 0 Å². The van der Waals surface area contributed by atoms with Crippen molar-refractivity contribution in [1.82, 2.24) is 0 Å². The molecule has 2 heterocycles. The van der Waals surface area contributed by atoms with Crippen LogP contribution >= 0.6 is 7.82 Å². The number of carbonyl (C=O) groups is 2. The monoisotopic (exact) mass is 478 g/mol. The number of hydrogen-bond donors (Lipinski definition) is 8. The lowest BCUT2D eigenvalue weighted by atomic mass is 9.99. The summed E-state index contributed by atoms with van der Waals surface area (Å²) >= 11 is 0. The second-order valence-corrected chi connectivity index (χ2v) is 7.94. The Morgan fingerprint density at radius 3 is 2.13 bits per heavy atom. The zero-order valence-corrected chi connectivity index (χ0v) is 16.5. The highest BCUT2D eigenvalue weighted by Crippen LogP contribution is 2.43. The van der Waals surface area contributed by atoms with Crippen molar-refractivity contribution >= 4 is 20.1 Å². The molecule has 2 rings (SSSR count). The minimum Gasteiger partial charge on any atom is -0.448 e. The predicted octanol–water partition coefficient (Wildman–Crippen LogP) is -5.53. The molecule has 0 aliphatic carbocycles. The van der Waals surface area contributed by atoms with Gasteiger partial charge in [-0.3, -0.25) is 9.32 Å². The molecular formula is C14H23O16P. The first kappa shape index (κ1) is 26.1. The van der Waals surface area contributed by atoms with Gasteiger partial charge in [0.25, 0.3) is 0 Å². The second-order valence-electron chi connectivity index (χ2n) is 6.70. The first-order valence-electron chi connectivity index (χ1n) is 8.70. The van der Waals surface area contributed by atoms with Gasteiger partial charge in [-0.25, -0.2) is 9.36 Å². The molecule has 2 aliphatic heterocycles. The summed E-state index contributed by atoms with van der Waals surface area (Å²) in [6.45, 7) is -3.08. The number of phosphoric acid groups is 1. The summed E-state index contributed by atoms with van der Waals surface area (Å²) in [7, 11) is -5.23. The summed E-state index contributed by atoms with van der Waals surface area (Å²) in [4.78, 5) is 40.2. The first-order chi connectivity index (χ1) is 14.4. The number of aliphatic hydroxyl groups excluding tert-OH is 6. The summed E-state index contributed by atoms with van der Waals surface area (Å²) in [5, 5.41) is 58.9. The highest BCUT2D eigenvalue weighted by Gasteiger charge is 2.61. The molecule has 0 amide bonds. The molecule has 0 bridgehead atoms. The standard InChI is InChI=1S/C14H23O16P/c15-1-5-8(19)10(21)11(22)13(27-5)30-14(4-26-31(23,24)25)12(28-7(18)3-17)9(20)6(2-16)29-14/h3,5-6,8-13,15-16,19-22H,1-2,4H2,(H2,23,24,25)/t5-,6-,8-,9-,10+,11-,12+,13-,14+/m1/s1. The summed E-state index contributed by atoms with van der Waals surface area (Å²) in [6.07, 6.45) is -15.1. The Labute approximate surface area is 173 Å². The molecule has 8 N–H and O–H groups in total. The van der Waals surface area contributed by atoms with Crippen molar-refractivity contribution in [2.75, 3.05) is 19.8 Å². The van der Waals surface area contributed by atoms with Crippen LogP contribution in [0.3, 0.4) is 0 Å². The molecule has 2 aliphatic rings. The Balaban J connectivity index is 2.42. The quantitative estimate of drug-likeness (QED) is 0.0665. The summed E-state index contributed by atoms with van der Waals surface area (Å²) in [6, 6.07) is 0. The van der Waals surface area contributed by atoms with Crippen molar-refractivity contribution in [2.45, 2.75) is 54.8 Å². The van der Waals surface area contributed by atoms with Crippen molar-refractivity contribution < 1.29 is 78.1 Å². The normalized spacial score (nSPS) is 41.2. The van der Waals surface area contributed by atoms with Gasteiger partial charge in [-0.1, -0.05) is 0 Å². The molecule has 2 saturated heterocycles. The van der Waals surface area contributed by atoms with E-state index in [9.17, 15) is 44.8 Å². The minimum atomic E-state index is -5.23. The van der Waals surface area contributed by atoms with Crippen LogP contribution in [0.1, 0.15) is 0 Å². The minimum absolute atomic E-state index is 0.304. The maximum Gasteiger partial charge on any atom is 0.469 e. The molecule has 0 aromatic rings. The third-order valence-electron chi connectivity index (χ3n) is 4.59. The number of ether oxygens (including phenoxy) is 4. The van der Waals surface area contributed by atoms with Gasteiger partial charge in [-0.15, -0.1) is 0 Å². The SMILES string of the molecule is O=CC(=O)O[C@H]1[C@H](O)[C@@H](CO)O[C@@]1(COP(=O)(O)O)O[C@H]1O[C@H](CO)[C@@H](O)[C@H](O)[C@H]1O. The third kappa shape index (κ3) is 5.82. The predicted molar refractivity (Wildman–Crippen MR) is 89.5 cm³/mol. The van der Waals surface area contributed by atoms with Crippen LogP contribution in [0, 0.1) is 0 Å². The highest BCUT2D eigenvalue weighted by atomic mass is 31.2. The van der Waals surface area contributed by atoms with Gasteiger partial charge in [0.05, 0.1) is 13.2 Å². The number of rotatable bonds is 9. The highest BCUT2D eigenvalue weighted by molar-refractivity contribution is 7.46. The van der Waals surface area contributed by atoms with Gasteiger partial charge < -0.3 is 59.4 Å². The van der Waals surface area contributed by atoms with E-state index in [4.69, 9.17) is 28.7 Å². The summed E-state index contributed by atoms with van der Waals surface area (Å²) in [5.41, 5.74) is 0. The largest absolute Gasteiger partial charge is 0.469 e. The van der Waals surface area contributed by atoms with Crippen molar-refractivity contribution in [2.24, 2.45) is 0 Å². The van der Waals surface area contributed by atoms with Crippen LogP contribution in [0.2, 0.25) is 0 Å². The van der Waals surface area contributed by atoms with Crippen molar-refractivity contribution in [3.05, 3.63) is 0 Å². The Morgan fingerprint density at radius 2 is 1.61 bits per heavy atom. The summed E-state index contributed by atoms with van der Waals surface area (Å²) < 4.78 is 36.0. The van der Waals surface area contributed by atoms with E-state index in [1.54, 1.807) is 0 Å². The first-order valence-corrected chi connectivity index (χ1v) is 10.2. The van der Waals surface area contributed by atoms with Crippen molar-refractivity contribution in [3.8, 4) is 0 Å². The van der Waals surface area contributed by atoms with Crippen LogP contribution in [0.15, 0.2) is 0 Å². The smallest absolute Gasteiger partial charge is 0.448 e. The number of carbonyl (C=O) groups excluding carboxylic acids is 2. The maximum atomic E-state index is 11.5. The Morgan fingerprint density at radius 1 is 1.00 bits per heavy atom. The molecule has 0 aromatic heterocycles. The van der Waals surface area contributed by atoms with Crippen LogP contribution in [0.4, 0.5) is 0 Å². The Bertz CT molecular complexity index is 681. The van der Waals surface area contributed by atoms with Gasteiger partial charge in [-0.2, -0.15) is 0 Å². The number of esters is 1. The lowest BCUT2D eigenvalue weighted by Gasteiger charge is -2.43. The van der Waals surface area contributed by atoms with Crippen molar-refractivity contribution in [3.63, 3.8) is 0 Å². The molecule has 9 atom stereocenters. The fourth-order valence-electron chi connectivity index (χ4n) is 3.09. The molecule has 0 aromatic carbocycles. The molecule has 16 nitrogen and oxygen atoms in total. The van der Waals surface area contributed by atoms with Crippen LogP contribution in [0.5, 0.6) is 0 Å². The van der Waals surface area contributed by atoms with Crippen LogP contribution in [-0.4, -0.2) is 127 Å². The number of aldehydes is 1. The van der Waals surface area contributed by atoms with Crippen LogP contribution in [-0.2, 0) is 37.6 Å². The Kier molecular flexibility index (Phi) is 8.62. The maximum absolute atomic E-state index is 11.5. The lowest BCUT2D eigenvalue weighted by molar-refractivity contribution is -0.382. The Hall–Kier alpha value is -1.11. The van der Waals surface area contributed by atoms with E-state index in [0.29, 0.717) is 0 Å². The van der Waals surface area contributed by atoms with E-state index < -0.39 is 88.4 Å². The molecule has 0 saturated carbocycles. The molecule has 2 fully saturated rings. The zero-order valence-electron chi connectivity index (χ0n) is 15.6. The number of aliphatic hydroxyl groups is 6. The summed E-state index contributed by atoms with van der Waals surface area (Å²) in [5.74, 6) is -4.26. The molecule has 0 radical (unpaired) electrons. The average molecular weight is 478 g/mol. The number of hydrogen-bond acceptors (Lipinski definition) is 14. The second kappa shape index (κ2) is 10.2. The van der Waals surface area contributed by atoms with Gasteiger partial charge in [0.2, 0.25) is 12.1 Å². The third-order valence-corrected chi connectivity index (χ3v) is 5.06.